The van der Waals surface area contributed by atoms with E-state index in [0.717, 1.165) is 17.5 Å². The monoisotopic (exact) mass is 423 g/mol. The molecule has 1 aliphatic carbocycles. The van der Waals surface area contributed by atoms with Crippen LogP contribution in [0.2, 0.25) is 0 Å². The normalized spacial score (nSPS) is 20.0. The Morgan fingerprint density at radius 2 is 1.97 bits per heavy atom. The van der Waals surface area contributed by atoms with Crippen LogP contribution in [0, 0.1) is 5.82 Å². The van der Waals surface area contributed by atoms with E-state index in [9.17, 15) is 14.0 Å². The SMILES string of the molecule is O=C1NC2(CCc3ccccc32)C(=O)N1Cc1csc(COc2ccc(F)cc2)n1. The van der Waals surface area contributed by atoms with Crippen molar-refractivity contribution in [2.45, 2.75) is 31.5 Å². The van der Waals surface area contributed by atoms with E-state index in [1.165, 1.54) is 28.4 Å². The maximum Gasteiger partial charge on any atom is 0.325 e. The number of hydrogen-bond donors (Lipinski definition) is 1. The molecular weight excluding hydrogens is 405 g/mol. The molecule has 0 radical (unpaired) electrons. The van der Waals surface area contributed by atoms with Gasteiger partial charge in [0.1, 0.15) is 28.7 Å². The average molecular weight is 423 g/mol. The molecule has 1 atom stereocenters. The molecular formula is C22H18FN3O3S. The van der Waals surface area contributed by atoms with E-state index in [-0.39, 0.29) is 24.9 Å². The first-order valence-corrected chi connectivity index (χ1v) is 10.5. The zero-order valence-electron chi connectivity index (χ0n) is 15.9. The molecule has 1 saturated heterocycles. The quantitative estimate of drug-likeness (QED) is 0.635. The minimum Gasteiger partial charge on any atom is -0.486 e. The Balaban J connectivity index is 1.28. The number of benzene rings is 2. The highest BCUT2D eigenvalue weighted by Gasteiger charge is 2.55. The van der Waals surface area contributed by atoms with E-state index < -0.39 is 11.6 Å². The van der Waals surface area contributed by atoms with Crippen LogP contribution in [0.25, 0.3) is 0 Å². The summed E-state index contributed by atoms with van der Waals surface area (Å²) < 4.78 is 18.6. The van der Waals surface area contributed by atoms with E-state index >= 15 is 0 Å². The Hall–Kier alpha value is -3.26. The summed E-state index contributed by atoms with van der Waals surface area (Å²) >= 11 is 1.39. The molecule has 152 valence electrons. The summed E-state index contributed by atoms with van der Waals surface area (Å²) in [5, 5.41) is 5.45. The van der Waals surface area contributed by atoms with Gasteiger partial charge in [0.15, 0.2) is 0 Å². The van der Waals surface area contributed by atoms with Crippen molar-refractivity contribution in [1.29, 1.82) is 0 Å². The third-order valence-corrected chi connectivity index (χ3v) is 6.39. The number of thiazole rings is 1. The van der Waals surface area contributed by atoms with E-state index in [0.29, 0.717) is 22.9 Å². The number of nitrogens with zero attached hydrogens (tertiary/aromatic N) is 2. The van der Waals surface area contributed by atoms with Crippen molar-refractivity contribution in [3.8, 4) is 5.75 Å². The summed E-state index contributed by atoms with van der Waals surface area (Å²) in [5.41, 5.74) is 1.65. The third kappa shape index (κ3) is 3.13. The minimum absolute atomic E-state index is 0.113. The molecule has 1 N–H and O–H groups in total. The van der Waals surface area contributed by atoms with Gasteiger partial charge in [0.05, 0.1) is 12.2 Å². The number of hydrogen-bond acceptors (Lipinski definition) is 5. The Labute approximate surface area is 176 Å². The van der Waals surface area contributed by atoms with Gasteiger partial charge in [-0.05, 0) is 48.2 Å². The van der Waals surface area contributed by atoms with Gasteiger partial charge >= 0.3 is 6.03 Å². The first kappa shape index (κ1) is 18.7. The van der Waals surface area contributed by atoms with Crippen molar-refractivity contribution in [2.75, 3.05) is 0 Å². The van der Waals surface area contributed by atoms with Crippen LogP contribution in [0.15, 0.2) is 53.9 Å². The molecule has 5 rings (SSSR count). The number of aryl methyl sites for hydroxylation is 1. The van der Waals surface area contributed by atoms with E-state index in [2.05, 4.69) is 10.3 Å². The predicted octanol–water partition coefficient (Wildman–Crippen LogP) is 3.75. The van der Waals surface area contributed by atoms with Crippen molar-refractivity contribution in [3.05, 3.63) is 81.6 Å². The van der Waals surface area contributed by atoms with Crippen molar-refractivity contribution in [3.63, 3.8) is 0 Å². The molecule has 1 unspecified atom stereocenters. The summed E-state index contributed by atoms with van der Waals surface area (Å²) in [7, 11) is 0. The van der Waals surface area contributed by atoms with Crippen LogP contribution in [0.5, 0.6) is 5.75 Å². The van der Waals surface area contributed by atoms with E-state index in [4.69, 9.17) is 4.74 Å². The van der Waals surface area contributed by atoms with Crippen LogP contribution in [0.3, 0.4) is 0 Å². The second-order valence-electron chi connectivity index (χ2n) is 7.36. The first-order valence-electron chi connectivity index (χ1n) is 9.59. The average Bonchev–Trinajstić information content (AvgIpc) is 3.42. The summed E-state index contributed by atoms with van der Waals surface area (Å²) in [6.07, 6.45) is 1.33. The van der Waals surface area contributed by atoms with Gasteiger partial charge in [-0.3, -0.25) is 9.69 Å². The number of fused-ring (bicyclic) bond motifs is 2. The Morgan fingerprint density at radius 1 is 1.17 bits per heavy atom. The molecule has 1 spiro atoms. The van der Waals surface area contributed by atoms with Crippen LogP contribution in [0.1, 0.15) is 28.2 Å². The lowest BCUT2D eigenvalue weighted by Gasteiger charge is -2.22. The molecule has 1 aliphatic heterocycles. The molecule has 0 saturated carbocycles. The number of nitrogens with one attached hydrogen (secondary N) is 1. The second-order valence-corrected chi connectivity index (χ2v) is 8.30. The Morgan fingerprint density at radius 3 is 2.80 bits per heavy atom. The summed E-state index contributed by atoms with van der Waals surface area (Å²) in [4.78, 5) is 31.6. The number of aromatic nitrogens is 1. The number of halogens is 1. The minimum atomic E-state index is -0.960. The first-order chi connectivity index (χ1) is 14.5. The topological polar surface area (TPSA) is 71.5 Å². The van der Waals surface area contributed by atoms with Crippen LogP contribution in [-0.4, -0.2) is 21.8 Å². The number of imide groups is 1. The van der Waals surface area contributed by atoms with Gasteiger partial charge in [-0.1, -0.05) is 24.3 Å². The zero-order chi connectivity index (χ0) is 20.7. The van der Waals surface area contributed by atoms with E-state index in [1.807, 2.05) is 29.6 Å². The van der Waals surface area contributed by atoms with Crippen LogP contribution in [-0.2, 0) is 29.9 Å². The highest BCUT2D eigenvalue weighted by atomic mass is 32.1. The molecule has 2 aromatic carbocycles. The number of carbonyl (C=O) groups is 2. The largest absolute Gasteiger partial charge is 0.486 e. The number of rotatable bonds is 5. The predicted molar refractivity (Wildman–Crippen MR) is 108 cm³/mol. The number of urea groups is 1. The number of ether oxygens (including phenoxy) is 1. The summed E-state index contributed by atoms with van der Waals surface area (Å²) in [6.45, 7) is 0.343. The van der Waals surface area contributed by atoms with Crippen molar-refractivity contribution >= 4 is 23.3 Å². The van der Waals surface area contributed by atoms with Gasteiger partial charge in [0, 0.05) is 5.38 Å². The van der Waals surface area contributed by atoms with E-state index in [1.54, 1.807) is 12.1 Å². The highest BCUT2D eigenvalue weighted by Crippen LogP contribution is 2.41. The molecule has 30 heavy (non-hydrogen) atoms. The third-order valence-electron chi connectivity index (χ3n) is 5.52. The molecule has 1 aromatic heterocycles. The van der Waals surface area contributed by atoms with Crippen LogP contribution in [0.4, 0.5) is 9.18 Å². The Kier molecular flexibility index (Phi) is 4.51. The molecule has 0 bridgehead atoms. The molecule has 6 nitrogen and oxygen atoms in total. The van der Waals surface area contributed by atoms with Gasteiger partial charge in [-0.25, -0.2) is 14.2 Å². The molecule has 1 fully saturated rings. The standard InChI is InChI=1S/C22H18FN3O3S/c23-15-5-7-17(8-6-15)29-12-19-24-16(13-30-19)11-26-20(27)22(25-21(26)28)10-9-14-3-1-2-4-18(14)22/h1-8,13H,9-12H2,(H,25,28). The fourth-order valence-corrected chi connectivity index (χ4v) is 4.76. The molecule has 2 heterocycles. The fourth-order valence-electron chi connectivity index (χ4n) is 4.06. The van der Waals surface area contributed by atoms with Gasteiger partial charge < -0.3 is 10.1 Å². The summed E-state index contributed by atoms with van der Waals surface area (Å²) in [6, 6.07) is 13.1. The van der Waals surface area contributed by atoms with Crippen molar-refractivity contribution in [2.24, 2.45) is 0 Å². The molecule has 3 aromatic rings. The lowest BCUT2D eigenvalue weighted by molar-refractivity contribution is -0.132. The molecule has 8 heteroatoms. The zero-order valence-corrected chi connectivity index (χ0v) is 16.7. The lowest BCUT2D eigenvalue weighted by atomic mass is 9.92. The fraction of sp³-hybridized carbons (Fsp3) is 0.227. The highest BCUT2D eigenvalue weighted by molar-refractivity contribution is 7.09. The van der Waals surface area contributed by atoms with Crippen LogP contribution >= 0.6 is 11.3 Å². The molecule has 2 aliphatic rings. The van der Waals surface area contributed by atoms with Gasteiger partial charge in [0.2, 0.25) is 0 Å². The maximum atomic E-state index is 13.2. The van der Waals surface area contributed by atoms with Gasteiger partial charge in [0.25, 0.3) is 5.91 Å². The lowest BCUT2D eigenvalue weighted by Crippen LogP contribution is -2.41. The molecule has 3 amide bonds. The number of amides is 3. The maximum absolute atomic E-state index is 13.2. The smallest absolute Gasteiger partial charge is 0.325 e. The Bertz CT molecular complexity index is 1130. The number of carbonyl (C=O) groups excluding carboxylic acids is 2. The van der Waals surface area contributed by atoms with Gasteiger partial charge in [-0.15, -0.1) is 11.3 Å². The van der Waals surface area contributed by atoms with Crippen molar-refractivity contribution in [1.82, 2.24) is 15.2 Å². The van der Waals surface area contributed by atoms with Crippen molar-refractivity contribution < 1.29 is 18.7 Å². The summed E-state index contributed by atoms with van der Waals surface area (Å²) in [5.74, 6) is -0.00579. The van der Waals surface area contributed by atoms with Crippen LogP contribution < -0.4 is 10.1 Å². The van der Waals surface area contributed by atoms with Gasteiger partial charge in [-0.2, -0.15) is 0 Å². The second kappa shape index (κ2) is 7.21.